The normalized spacial score (nSPS) is 11.5. The molecule has 0 saturated carbocycles. The average Bonchev–Trinajstić information content (AvgIpc) is 1.65. The number of hydrogen-bond acceptors (Lipinski definition) is 2. The van der Waals surface area contributed by atoms with E-state index < -0.39 is 0 Å². The quantitative estimate of drug-likeness (QED) is 0.539. The van der Waals surface area contributed by atoms with E-state index in [1.54, 1.807) is 6.92 Å². The first-order chi connectivity index (χ1) is 3.66. The Morgan fingerprint density at radius 3 is 2.38 bits per heavy atom. The van der Waals surface area contributed by atoms with E-state index in [1.807, 2.05) is 6.92 Å². The Morgan fingerprint density at radius 1 is 1.75 bits per heavy atom. The van der Waals surface area contributed by atoms with Crippen molar-refractivity contribution in [2.24, 2.45) is 5.73 Å². The summed E-state index contributed by atoms with van der Waals surface area (Å²) < 4.78 is 0. The Balaban J connectivity index is 3.70. The first-order valence-corrected chi connectivity index (χ1v) is 2.63. The molecule has 0 heterocycles. The largest absolute Gasteiger partial charge is 0.402 e. The highest BCUT2D eigenvalue weighted by Gasteiger charge is 1.88. The van der Waals surface area contributed by atoms with Gasteiger partial charge in [-0.1, -0.05) is 6.92 Å². The second kappa shape index (κ2) is 3.24. The molecule has 0 atom stereocenters. The molecule has 46 valence electrons. The van der Waals surface area contributed by atoms with Crippen LogP contribution in [0.2, 0.25) is 0 Å². The smallest absolute Gasteiger partial charge is 0.157 e. The maximum absolute atomic E-state index is 10.5. The lowest BCUT2D eigenvalue weighted by Gasteiger charge is -1.86. The van der Waals surface area contributed by atoms with Gasteiger partial charge in [0.05, 0.1) is 0 Å². The summed E-state index contributed by atoms with van der Waals surface area (Å²) in [6.07, 6.45) is 1.98. The number of hydrogen-bond donors (Lipinski definition) is 1. The summed E-state index contributed by atoms with van der Waals surface area (Å²) in [5.74, 6) is 0.0880. The van der Waals surface area contributed by atoms with E-state index in [0.29, 0.717) is 12.1 Å². The first kappa shape index (κ1) is 7.21. The monoisotopic (exact) mass is 113 g/mol. The molecule has 0 spiro atoms. The highest BCUT2D eigenvalue weighted by molar-refractivity contribution is 5.89. The van der Waals surface area contributed by atoms with Crippen molar-refractivity contribution in [1.82, 2.24) is 0 Å². The van der Waals surface area contributed by atoms with Gasteiger partial charge in [-0.15, -0.1) is 0 Å². The van der Waals surface area contributed by atoms with Crippen LogP contribution in [0.25, 0.3) is 0 Å². The second-order valence-corrected chi connectivity index (χ2v) is 1.71. The average molecular weight is 113 g/mol. The van der Waals surface area contributed by atoms with Crippen LogP contribution in [0.5, 0.6) is 0 Å². The lowest BCUT2D eigenvalue weighted by Crippen LogP contribution is -1.96. The van der Waals surface area contributed by atoms with Crippen LogP contribution in [-0.4, -0.2) is 5.78 Å². The third-order valence-corrected chi connectivity index (χ3v) is 0.737. The number of allylic oxidation sites excluding steroid dienone is 2. The van der Waals surface area contributed by atoms with Crippen LogP contribution in [0.15, 0.2) is 11.8 Å². The lowest BCUT2D eigenvalue weighted by molar-refractivity contribution is -0.114. The van der Waals surface area contributed by atoms with E-state index in [4.69, 9.17) is 5.73 Å². The minimum atomic E-state index is 0.0880. The fourth-order valence-corrected chi connectivity index (χ4v) is 0.356. The molecule has 0 aromatic carbocycles. The number of ketones is 1. The number of carbonyl (C=O) groups excluding carboxylic acids is 1. The topological polar surface area (TPSA) is 43.1 Å². The van der Waals surface area contributed by atoms with Gasteiger partial charge >= 0.3 is 0 Å². The molecule has 0 aromatic heterocycles. The van der Waals surface area contributed by atoms with Crippen LogP contribution < -0.4 is 5.73 Å². The van der Waals surface area contributed by atoms with E-state index in [0.717, 1.165) is 0 Å². The van der Waals surface area contributed by atoms with Gasteiger partial charge in [0.1, 0.15) is 0 Å². The number of nitrogens with two attached hydrogens (primary N) is 1. The fraction of sp³-hybridized carbons (Fsp3) is 0.500. The molecule has 8 heavy (non-hydrogen) atoms. The van der Waals surface area contributed by atoms with Gasteiger partial charge in [-0.2, -0.15) is 0 Å². The van der Waals surface area contributed by atoms with Gasteiger partial charge in [0.15, 0.2) is 5.78 Å². The van der Waals surface area contributed by atoms with Crippen LogP contribution in [-0.2, 0) is 4.79 Å². The Labute approximate surface area is 49.4 Å². The molecular weight excluding hydrogens is 102 g/mol. The molecule has 0 fully saturated rings. The van der Waals surface area contributed by atoms with E-state index in [2.05, 4.69) is 0 Å². The zero-order chi connectivity index (χ0) is 6.57. The first-order valence-electron chi connectivity index (χ1n) is 2.63. The molecule has 0 saturated heterocycles. The summed E-state index contributed by atoms with van der Waals surface area (Å²) in [5.41, 5.74) is 5.79. The molecule has 0 aliphatic heterocycles. The number of rotatable bonds is 2. The molecule has 0 unspecified atom stereocenters. The third-order valence-electron chi connectivity index (χ3n) is 0.737. The van der Waals surface area contributed by atoms with E-state index >= 15 is 0 Å². The predicted molar refractivity (Wildman–Crippen MR) is 33.2 cm³/mol. The maximum Gasteiger partial charge on any atom is 0.157 e. The van der Waals surface area contributed by atoms with Gasteiger partial charge in [0.2, 0.25) is 0 Å². The van der Waals surface area contributed by atoms with Gasteiger partial charge in [-0.25, -0.2) is 0 Å². The Morgan fingerprint density at radius 2 is 2.25 bits per heavy atom. The highest BCUT2D eigenvalue weighted by Crippen LogP contribution is 1.85. The summed E-state index contributed by atoms with van der Waals surface area (Å²) >= 11 is 0. The van der Waals surface area contributed by atoms with Crippen molar-refractivity contribution in [3.8, 4) is 0 Å². The molecule has 2 heteroatoms. The minimum absolute atomic E-state index is 0.0880. The van der Waals surface area contributed by atoms with Crippen molar-refractivity contribution in [1.29, 1.82) is 0 Å². The van der Waals surface area contributed by atoms with Crippen molar-refractivity contribution in [3.05, 3.63) is 11.8 Å². The van der Waals surface area contributed by atoms with E-state index in [-0.39, 0.29) is 5.78 Å². The zero-order valence-electron chi connectivity index (χ0n) is 5.27. The number of carbonyl (C=O) groups is 1. The molecule has 0 bridgehead atoms. The summed E-state index contributed by atoms with van der Waals surface area (Å²) in [6.45, 7) is 3.51. The summed E-state index contributed by atoms with van der Waals surface area (Å²) in [7, 11) is 0. The van der Waals surface area contributed by atoms with Crippen LogP contribution in [0.4, 0.5) is 0 Å². The summed E-state index contributed by atoms with van der Waals surface area (Å²) in [6, 6.07) is 0. The van der Waals surface area contributed by atoms with Gasteiger partial charge in [0, 0.05) is 12.1 Å². The molecule has 2 nitrogen and oxygen atoms in total. The van der Waals surface area contributed by atoms with Gasteiger partial charge in [-0.3, -0.25) is 4.79 Å². The van der Waals surface area contributed by atoms with Crippen molar-refractivity contribution in [2.45, 2.75) is 20.3 Å². The van der Waals surface area contributed by atoms with Crippen LogP contribution in [0.1, 0.15) is 20.3 Å². The van der Waals surface area contributed by atoms with Gasteiger partial charge in [0.25, 0.3) is 0 Å². The predicted octanol–water partition coefficient (Wildman–Crippen LogP) is 0.828. The van der Waals surface area contributed by atoms with E-state index in [9.17, 15) is 4.79 Å². The molecule has 0 radical (unpaired) electrons. The molecule has 0 aromatic rings. The van der Waals surface area contributed by atoms with Crippen LogP contribution in [0, 0.1) is 0 Å². The fourth-order valence-electron chi connectivity index (χ4n) is 0.356. The molecular formula is C6H11NO. The highest BCUT2D eigenvalue weighted by atomic mass is 16.1. The minimum Gasteiger partial charge on any atom is -0.402 e. The van der Waals surface area contributed by atoms with Gasteiger partial charge < -0.3 is 5.73 Å². The van der Waals surface area contributed by atoms with Gasteiger partial charge in [-0.05, 0) is 13.0 Å². The van der Waals surface area contributed by atoms with Crippen LogP contribution >= 0.6 is 0 Å². The summed E-state index contributed by atoms with van der Waals surface area (Å²) in [4.78, 5) is 10.5. The Kier molecular flexibility index (Phi) is 2.92. The zero-order valence-corrected chi connectivity index (χ0v) is 5.27. The van der Waals surface area contributed by atoms with Crippen molar-refractivity contribution in [3.63, 3.8) is 0 Å². The van der Waals surface area contributed by atoms with E-state index in [1.165, 1.54) is 6.08 Å². The van der Waals surface area contributed by atoms with Crippen molar-refractivity contribution >= 4 is 5.78 Å². The second-order valence-electron chi connectivity index (χ2n) is 1.71. The SMILES string of the molecule is CCC(=O)/C=C(/C)N. The molecule has 2 N–H and O–H groups in total. The molecule has 0 aliphatic carbocycles. The van der Waals surface area contributed by atoms with Crippen LogP contribution in [0.3, 0.4) is 0 Å². The standard InChI is InChI=1S/C6H11NO/c1-3-6(8)4-5(2)7/h4H,3,7H2,1-2H3/b5-4-. The Bertz CT molecular complexity index is 112. The maximum atomic E-state index is 10.5. The molecule has 0 rings (SSSR count). The van der Waals surface area contributed by atoms with Crippen molar-refractivity contribution < 1.29 is 4.79 Å². The van der Waals surface area contributed by atoms with Crippen molar-refractivity contribution in [2.75, 3.05) is 0 Å². The Hall–Kier alpha value is -0.790. The summed E-state index contributed by atoms with van der Waals surface area (Å²) in [5, 5.41) is 0. The molecule has 0 amide bonds. The lowest BCUT2D eigenvalue weighted by atomic mass is 10.3. The molecule has 0 aliphatic rings. The third kappa shape index (κ3) is 3.40.